The summed E-state index contributed by atoms with van der Waals surface area (Å²) < 4.78 is 23.4. The number of rotatable bonds is 2. The smallest absolute Gasteiger partial charge is 0.223 e. The third-order valence-electron chi connectivity index (χ3n) is 5.95. The summed E-state index contributed by atoms with van der Waals surface area (Å²) in [5.74, 6) is 2.66. The number of amides is 1. The van der Waals surface area contributed by atoms with Gasteiger partial charge in [0.2, 0.25) is 5.91 Å². The highest BCUT2D eigenvalue weighted by molar-refractivity contribution is 7.92. The monoisotopic (exact) mass is 283 g/mol. The molecule has 4 aliphatic rings. The van der Waals surface area contributed by atoms with Gasteiger partial charge in [0, 0.05) is 19.0 Å². The van der Waals surface area contributed by atoms with Gasteiger partial charge in [-0.3, -0.25) is 4.79 Å². The molecule has 0 spiro atoms. The Balaban J connectivity index is 1.40. The van der Waals surface area contributed by atoms with Crippen LogP contribution in [0.2, 0.25) is 0 Å². The van der Waals surface area contributed by atoms with E-state index in [1.54, 1.807) is 0 Å². The van der Waals surface area contributed by atoms with E-state index in [2.05, 4.69) is 0 Å². The molecular formula is C14H21NO3S. The normalized spacial score (nSPS) is 46.1. The van der Waals surface area contributed by atoms with E-state index in [9.17, 15) is 13.2 Å². The number of likely N-dealkylation sites (tertiary alicyclic amines) is 1. The molecule has 4 bridgehead atoms. The summed E-state index contributed by atoms with van der Waals surface area (Å²) in [5.41, 5.74) is 0. The topological polar surface area (TPSA) is 54.5 Å². The van der Waals surface area contributed by atoms with Crippen molar-refractivity contribution in [3.8, 4) is 0 Å². The second kappa shape index (κ2) is 3.96. The van der Waals surface area contributed by atoms with Gasteiger partial charge in [0.15, 0.2) is 9.84 Å². The lowest BCUT2D eigenvalue weighted by atomic mass is 9.86. The van der Waals surface area contributed by atoms with Gasteiger partial charge in [-0.2, -0.15) is 0 Å². The Morgan fingerprint density at radius 3 is 2.53 bits per heavy atom. The number of carbonyl (C=O) groups excluding carboxylic acids is 1. The van der Waals surface area contributed by atoms with Crippen molar-refractivity contribution < 1.29 is 13.2 Å². The summed E-state index contributed by atoms with van der Waals surface area (Å²) in [5, 5.41) is -0.263. The predicted octanol–water partition coefficient (Wildman–Crippen LogP) is 1.21. The molecule has 4 fully saturated rings. The van der Waals surface area contributed by atoms with Crippen molar-refractivity contribution in [2.24, 2.45) is 17.8 Å². The minimum absolute atomic E-state index is 0.0129. The van der Waals surface area contributed by atoms with Crippen molar-refractivity contribution in [3.05, 3.63) is 0 Å². The van der Waals surface area contributed by atoms with Crippen LogP contribution in [0.3, 0.4) is 0 Å². The molecule has 2 aliphatic heterocycles. The van der Waals surface area contributed by atoms with E-state index in [4.69, 9.17) is 0 Å². The summed E-state index contributed by atoms with van der Waals surface area (Å²) in [6, 6.07) is -0.0129. The van der Waals surface area contributed by atoms with Crippen LogP contribution < -0.4 is 0 Å². The molecule has 106 valence electrons. The molecule has 1 amide bonds. The lowest BCUT2D eigenvalue weighted by molar-refractivity contribution is -0.133. The van der Waals surface area contributed by atoms with Gasteiger partial charge < -0.3 is 4.90 Å². The molecule has 0 aromatic carbocycles. The fraction of sp³-hybridized carbons (Fsp3) is 0.929. The van der Waals surface area contributed by atoms with Crippen LogP contribution >= 0.6 is 0 Å². The number of carbonyl (C=O) groups is 1. The van der Waals surface area contributed by atoms with Crippen LogP contribution in [0.4, 0.5) is 0 Å². The Hall–Kier alpha value is -0.580. The van der Waals surface area contributed by atoms with E-state index < -0.39 is 9.84 Å². The van der Waals surface area contributed by atoms with Gasteiger partial charge >= 0.3 is 0 Å². The summed E-state index contributed by atoms with van der Waals surface area (Å²) in [7, 11) is -2.88. The second-order valence-corrected chi connectivity index (χ2v) is 9.35. The number of nitrogens with zero attached hydrogens (tertiary/aromatic N) is 1. The third-order valence-corrected chi connectivity index (χ3v) is 8.16. The quantitative estimate of drug-likeness (QED) is 0.765. The van der Waals surface area contributed by atoms with Crippen molar-refractivity contribution in [1.29, 1.82) is 0 Å². The zero-order valence-electron chi connectivity index (χ0n) is 11.1. The highest BCUT2D eigenvalue weighted by Crippen LogP contribution is 2.50. The Morgan fingerprint density at radius 1 is 1.16 bits per heavy atom. The fourth-order valence-electron chi connectivity index (χ4n) is 4.97. The summed E-state index contributed by atoms with van der Waals surface area (Å²) in [6.07, 6.45) is 6.59. The second-order valence-electron chi connectivity index (χ2n) is 7.03. The van der Waals surface area contributed by atoms with Gasteiger partial charge in [-0.05, 0) is 43.4 Å². The van der Waals surface area contributed by atoms with Crippen LogP contribution in [0.15, 0.2) is 0 Å². The zero-order chi connectivity index (χ0) is 13.2. The molecule has 2 aliphatic carbocycles. The van der Waals surface area contributed by atoms with Gasteiger partial charge in [-0.25, -0.2) is 8.42 Å². The van der Waals surface area contributed by atoms with Crippen LogP contribution in [0.1, 0.15) is 38.5 Å². The average molecular weight is 283 g/mol. The SMILES string of the molecule is O=C(CC1CC2CCC1C2)N1CC2CC1CS2(=O)=O. The van der Waals surface area contributed by atoms with E-state index in [0.29, 0.717) is 25.3 Å². The Morgan fingerprint density at radius 2 is 2.00 bits per heavy atom. The fourth-order valence-corrected chi connectivity index (χ4v) is 7.00. The molecular weight excluding hydrogens is 262 g/mol. The first-order valence-corrected chi connectivity index (χ1v) is 9.25. The van der Waals surface area contributed by atoms with Crippen LogP contribution in [0.25, 0.3) is 0 Å². The van der Waals surface area contributed by atoms with E-state index in [-0.39, 0.29) is 23.0 Å². The van der Waals surface area contributed by atoms with E-state index >= 15 is 0 Å². The Kier molecular flexibility index (Phi) is 2.54. The first-order chi connectivity index (χ1) is 9.03. The van der Waals surface area contributed by atoms with Gasteiger partial charge in [0.05, 0.1) is 11.0 Å². The predicted molar refractivity (Wildman–Crippen MR) is 71.2 cm³/mol. The van der Waals surface area contributed by atoms with Crippen LogP contribution in [-0.4, -0.2) is 42.8 Å². The minimum Gasteiger partial charge on any atom is -0.337 e. The molecule has 5 heteroatoms. The van der Waals surface area contributed by atoms with Crippen molar-refractivity contribution in [1.82, 2.24) is 4.90 Å². The number of sulfone groups is 1. The van der Waals surface area contributed by atoms with E-state index in [1.807, 2.05) is 4.90 Å². The molecule has 2 saturated carbocycles. The van der Waals surface area contributed by atoms with Gasteiger partial charge in [0.25, 0.3) is 0 Å². The lowest BCUT2D eigenvalue weighted by Gasteiger charge is -2.29. The molecule has 5 atom stereocenters. The van der Waals surface area contributed by atoms with Crippen molar-refractivity contribution in [3.63, 3.8) is 0 Å². The van der Waals surface area contributed by atoms with Crippen LogP contribution in [0.5, 0.6) is 0 Å². The maximum absolute atomic E-state index is 12.4. The molecule has 4 nitrogen and oxygen atoms in total. The molecule has 2 saturated heterocycles. The van der Waals surface area contributed by atoms with Crippen LogP contribution in [0, 0.1) is 17.8 Å². The highest BCUT2D eigenvalue weighted by Gasteiger charge is 2.50. The first kappa shape index (κ1) is 12.2. The number of hydrogen-bond acceptors (Lipinski definition) is 3. The Bertz CT molecular complexity index is 515. The average Bonchev–Trinajstić information content (AvgIpc) is 3.04. The zero-order valence-corrected chi connectivity index (χ0v) is 11.9. The number of fused-ring (bicyclic) bond motifs is 4. The molecule has 0 radical (unpaired) electrons. The molecule has 5 unspecified atom stereocenters. The molecule has 0 aromatic rings. The molecule has 0 N–H and O–H groups in total. The minimum atomic E-state index is -2.88. The molecule has 2 heterocycles. The van der Waals surface area contributed by atoms with Crippen molar-refractivity contribution in [2.75, 3.05) is 12.3 Å². The standard InChI is InChI=1S/C14H21NO3S/c16-14(5-11-4-9-1-2-10(11)3-9)15-7-13-6-12(15)8-19(13,17)18/h9-13H,1-8H2. The summed E-state index contributed by atoms with van der Waals surface area (Å²) >= 11 is 0. The summed E-state index contributed by atoms with van der Waals surface area (Å²) in [6.45, 7) is 0.465. The molecule has 0 aromatic heterocycles. The van der Waals surface area contributed by atoms with Crippen molar-refractivity contribution >= 4 is 15.7 Å². The number of hydrogen-bond donors (Lipinski definition) is 0. The van der Waals surface area contributed by atoms with Crippen LogP contribution in [-0.2, 0) is 14.6 Å². The third kappa shape index (κ3) is 1.84. The van der Waals surface area contributed by atoms with Gasteiger partial charge in [-0.15, -0.1) is 0 Å². The van der Waals surface area contributed by atoms with Gasteiger partial charge in [0.1, 0.15) is 0 Å². The van der Waals surface area contributed by atoms with E-state index in [1.165, 1.54) is 25.7 Å². The van der Waals surface area contributed by atoms with E-state index in [0.717, 1.165) is 11.8 Å². The molecule has 19 heavy (non-hydrogen) atoms. The maximum atomic E-state index is 12.4. The highest BCUT2D eigenvalue weighted by atomic mass is 32.2. The van der Waals surface area contributed by atoms with Crippen molar-refractivity contribution in [2.45, 2.75) is 49.8 Å². The largest absolute Gasteiger partial charge is 0.337 e. The first-order valence-electron chi connectivity index (χ1n) is 7.54. The van der Waals surface area contributed by atoms with Gasteiger partial charge in [-0.1, -0.05) is 6.42 Å². The maximum Gasteiger partial charge on any atom is 0.223 e. The lowest BCUT2D eigenvalue weighted by Crippen LogP contribution is -2.44. The Labute approximate surface area is 114 Å². The molecule has 4 rings (SSSR count). The summed E-state index contributed by atoms with van der Waals surface area (Å²) in [4.78, 5) is 14.3.